The third-order valence-electron chi connectivity index (χ3n) is 4.26. The zero-order valence-electron chi connectivity index (χ0n) is 14.5. The van der Waals surface area contributed by atoms with Gasteiger partial charge in [-0.15, -0.1) is 0 Å². The van der Waals surface area contributed by atoms with Gasteiger partial charge in [0.25, 0.3) is 0 Å². The molecule has 3 rings (SSSR count). The first-order valence-electron chi connectivity index (χ1n) is 8.25. The van der Waals surface area contributed by atoms with E-state index in [2.05, 4.69) is 16.9 Å². The van der Waals surface area contributed by atoms with Crippen molar-refractivity contribution in [3.05, 3.63) is 77.9 Å². The summed E-state index contributed by atoms with van der Waals surface area (Å²) in [5.41, 5.74) is 2.33. The molecular formula is C21H21FN2O. The molecule has 128 valence electrons. The van der Waals surface area contributed by atoms with Crippen LogP contribution in [-0.4, -0.2) is 10.8 Å². The minimum atomic E-state index is -0.395. The largest absolute Gasteiger partial charge is 0.343 e. The summed E-state index contributed by atoms with van der Waals surface area (Å²) in [6.07, 6.45) is 4.22. The summed E-state index contributed by atoms with van der Waals surface area (Å²) < 4.78 is 14.5. The fraction of sp³-hybridized carbons (Fsp3) is 0.238. The predicted molar refractivity (Wildman–Crippen MR) is 98.5 cm³/mol. The van der Waals surface area contributed by atoms with Crippen molar-refractivity contribution in [2.75, 3.05) is 5.32 Å². The fourth-order valence-electron chi connectivity index (χ4n) is 3.18. The summed E-state index contributed by atoms with van der Waals surface area (Å²) in [5.74, 6) is 0.0533. The van der Waals surface area contributed by atoms with Gasteiger partial charge in [0.1, 0.15) is 11.6 Å². The molecule has 0 aliphatic heterocycles. The number of hydrogen-bond acceptors (Lipinski definition) is 3. The predicted octanol–water partition coefficient (Wildman–Crippen LogP) is 4.97. The Labute approximate surface area is 147 Å². The molecule has 2 aromatic rings. The molecular weight excluding hydrogens is 315 g/mol. The first kappa shape index (κ1) is 17.1. The summed E-state index contributed by atoms with van der Waals surface area (Å²) >= 11 is 0. The first-order chi connectivity index (χ1) is 11.9. The van der Waals surface area contributed by atoms with Crippen LogP contribution < -0.4 is 5.32 Å². The Bertz CT molecular complexity index is 853. The van der Waals surface area contributed by atoms with Gasteiger partial charge >= 0.3 is 0 Å². The van der Waals surface area contributed by atoms with Crippen molar-refractivity contribution in [3.63, 3.8) is 0 Å². The molecule has 1 heterocycles. The van der Waals surface area contributed by atoms with Crippen molar-refractivity contribution >= 4 is 17.2 Å². The highest BCUT2D eigenvalue weighted by Gasteiger charge is 2.28. The van der Waals surface area contributed by atoms with Crippen LogP contribution in [0, 0.1) is 11.2 Å². The number of rotatable bonds is 4. The van der Waals surface area contributed by atoms with Crippen molar-refractivity contribution in [3.8, 4) is 0 Å². The van der Waals surface area contributed by atoms with E-state index >= 15 is 0 Å². The zero-order chi connectivity index (χ0) is 18.0. The van der Waals surface area contributed by atoms with Crippen molar-refractivity contribution in [1.29, 1.82) is 0 Å². The average Bonchev–Trinajstić information content (AvgIpc) is 2.53. The minimum Gasteiger partial charge on any atom is -0.343 e. The third kappa shape index (κ3) is 3.85. The molecule has 0 bridgehead atoms. The third-order valence-corrected chi connectivity index (χ3v) is 4.26. The molecule has 1 aromatic carbocycles. The van der Waals surface area contributed by atoms with E-state index in [4.69, 9.17) is 0 Å². The van der Waals surface area contributed by atoms with Crippen molar-refractivity contribution < 1.29 is 9.18 Å². The van der Waals surface area contributed by atoms with Crippen LogP contribution in [0.25, 0.3) is 5.57 Å². The minimum absolute atomic E-state index is 0.0681. The maximum atomic E-state index is 14.5. The van der Waals surface area contributed by atoms with Gasteiger partial charge in [0.15, 0.2) is 5.78 Å². The van der Waals surface area contributed by atoms with E-state index < -0.39 is 5.82 Å². The highest BCUT2D eigenvalue weighted by molar-refractivity contribution is 5.92. The number of anilines is 1. The van der Waals surface area contributed by atoms with Crippen molar-refractivity contribution in [1.82, 2.24) is 4.98 Å². The lowest BCUT2D eigenvalue weighted by atomic mass is 9.79. The molecule has 4 heteroatoms. The summed E-state index contributed by atoms with van der Waals surface area (Å²) in [6.45, 7) is 8.14. The second-order valence-corrected chi connectivity index (χ2v) is 7.14. The molecule has 0 radical (unpaired) electrons. The number of pyridine rings is 1. The molecule has 3 nitrogen and oxygen atoms in total. The van der Waals surface area contributed by atoms with Crippen LogP contribution in [0.4, 0.5) is 10.2 Å². The lowest BCUT2D eigenvalue weighted by molar-refractivity contribution is -0.117. The van der Waals surface area contributed by atoms with Gasteiger partial charge in [-0.2, -0.15) is 0 Å². The summed E-state index contributed by atoms with van der Waals surface area (Å²) in [6, 6.07) is 10.7. The van der Waals surface area contributed by atoms with Gasteiger partial charge in [-0.05, 0) is 29.0 Å². The quantitative estimate of drug-likeness (QED) is 0.857. The Hall–Kier alpha value is -2.75. The zero-order valence-corrected chi connectivity index (χ0v) is 14.5. The number of nitrogens with one attached hydrogen (secondary N) is 1. The second-order valence-electron chi connectivity index (χ2n) is 7.14. The number of ketones is 1. The number of nitrogens with zero attached hydrogens (tertiary/aromatic N) is 1. The normalized spacial score (nSPS) is 16.3. The molecule has 0 unspecified atom stereocenters. The molecule has 0 atom stereocenters. The highest BCUT2D eigenvalue weighted by Crippen LogP contribution is 2.35. The van der Waals surface area contributed by atoms with Gasteiger partial charge in [0, 0.05) is 24.4 Å². The van der Waals surface area contributed by atoms with Gasteiger partial charge < -0.3 is 5.32 Å². The molecule has 0 saturated heterocycles. The maximum Gasteiger partial charge on any atom is 0.157 e. The van der Waals surface area contributed by atoms with Crippen LogP contribution >= 0.6 is 0 Å². The first-order valence-corrected chi connectivity index (χ1v) is 8.25. The monoisotopic (exact) mass is 336 g/mol. The molecule has 0 saturated carbocycles. The second kappa shape index (κ2) is 6.63. The van der Waals surface area contributed by atoms with E-state index in [9.17, 15) is 9.18 Å². The standard InChI is InChI=1S/C21H21FN2O/c1-14(15-7-5-4-6-8-15)19-18(22)9-10-23-20(19)24-16-11-17(25)13-21(2,3)12-16/h4-11H,1,12-13H2,2-3H3,(H,23,24). The summed E-state index contributed by atoms with van der Waals surface area (Å²) in [4.78, 5) is 16.2. The van der Waals surface area contributed by atoms with E-state index in [0.29, 0.717) is 29.8 Å². The van der Waals surface area contributed by atoms with Crippen LogP contribution in [0.15, 0.2) is 60.9 Å². The van der Waals surface area contributed by atoms with Gasteiger partial charge in [-0.1, -0.05) is 50.8 Å². The van der Waals surface area contributed by atoms with E-state index in [0.717, 1.165) is 11.3 Å². The number of halogens is 1. The lowest BCUT2D eigenvalue weighted by Crippen LogP contribution is -2.24. The Morgan fingerprint density at radius 1 is 1.20 bits per heavy atom. The van der Waals surface area contributed by atoms with Gasteiger partial charge in [-0.3, -0.25) is 4.79 Å². The van der Waals surface area contributed by atoms with Crippen LogP contribution in [-0.2, 0) is 4.79 Å². The average molecular weight is 336 g/mol. The van der Waals surface area contributed by atoms with Gasteiger partial charge in [0.2, 0.25) is 0 Å². The van der Waals surface area contributed by atoms with Crippen molar-refractivity contribution in [2.45, 2.75) is 26.7 Å². The fourth-order valence-corrected chi connectivity index (χ4v) is 3.18. The number of benzene rings is 1. The maximum absolute atomic E-state index is 14.5. The number of carbonyl (C=O) groups excluding carboxylic acids is 1. The van der Waals surface area contributed by atoms with E-state index in [1.54, 1.807) is 6.08 Å². The molecule has 1 aromatic heterocycles. The van der Waals surface area contributed by atoms with Gasteiger partial charge in [-0.25, -0.2) is 9.37 Å². The van der Waals surface area contributed by atoms with E-state index in [1.165, 1.54) is 12.3 Å². The molecule has 25 heavy (non-hydrogen) atoms. The number of allylic oxidation sites excluding steroid dienone is 2. The van der Waals surface area contributed by atoms with Crippen LogP contribution in [0.2, 0.25) is 0 Å². The van der Waals surface area contributed by atoms with Crippen LogP contribution in [0.3, 0.4) is 0 Å². The van der Waals surface area contributed by atoms with E-state index in [1.807, 2.05) is 44.2 Å². The molecule has 0 spiro atoms. The van der Waals surface area contributed by atoms with Crippen molar-refractivity contribution in [2.24, 2.45) is 5.41 Å². The number of hydrogen-bond donors (Lipinski definition) is 1. The van der Waals surface area contributed by atoms with Crippen LogP contribution in [0.5, 0.6) is 0 Å². The molecule has 1 aliphatic rings. The topological polar surface area (TPSA) is 42.0 Å². The Morgan fingerprint density at radius 2 is 1.92 bits per heavy atom. The van der Waals surface area contributed by atoms with E-state index in [-0.39, 0.29) is 11.2 Å². The molecule has 1 aliphatic carbocycles. The smallest absolute Gasteiger partial charge is 0.157 e. The highest BCUT2D eigenvalue weighted by atomic mass is 19.1. The summed E-state index contributed by atoms with van der Waals surface area (Å²) in [5, 5.41) is 3.16. The lowest BCUT2D eigenvalue weighted by Gasteiger charge is -2.29. The molecule has 0 amide bonds. The Kier molecular flexibility index (Phi) is 4.53. The SMILES string of the molecule is C=C(c1ccccc1)c1c(F)ccnc1NC1=CC(=O)CC(C)(C)C1. The summed E-state index contributed by atoms with van der Waals surface area (Å²) in [7, 11) is 0. The molecule has 0 fully saturated rings. The Balaban J connectivity index is 1.97. The number of carbonyl (C=O) groups is 1. The van der Waals surface area contributed by atoms with Crippen LogP contribution in [0.1, 0.15) is 37.8 Å². The Morgan fingerprint density at radius 3 is 2.60 bits per heavy atom. The van der Waals surface area contributed by atoms with Gasteiger partial charge in [0.05, 0.1) is 5.56 Å². The molecule has 1 N–H and O–H groups in total. The number of aromatic nitrogens is 1.